The third kappa shape index (κ3) is 5.76. The highest BCUT2D eigenvalue weighted by atomic mass is 16.5. The zero-order valence-electron chi connectivity index (χ0n) is 19.6. The Morgan fingerprint density at radius 1 is 0.882 bits per heavy atom. The van der Waals surface area contributed by atoms with Gasteiger partial charge in [-0.3, -0.25) is 9.59 Å². The van der Waals surface area contributed by atoms with Gasteiger partial charge < -0.3 is 19.7 Å². The number of piperidine rings is 1. The van der Waals surface area contributed by atoms with Gasteiger partial charge in [-0.05, 0) is 86.8 Å². The number of benzene rings is 3. The minimum atomic E-state index is -0.110. The second kappa shape index (κ2) is 10.9. The first kappa shape index (κ1) is 23.4. The molecule has 6 heteroatoms. The van der Waals surface area contributed by atoms with Crippen LogP contribution < -0.4 is 14.8 Å². The van der Waals surface area contributed by atoms with E-state index in [1.54, 1.807) is 0 Å². The zero-order valence-corrected chi connectivity index (χ0v) is 19.6. The quantitative estimate of drug-likeness (QED) is 0.495. The summed E-state index contributed by atoms with van der Waals surface area (Å²) in [7, 11) is 0. The second-order valence-corrected chi connectivity index (χ2v) is 8.40. The number of anilines is 1. The molecule has 3 aromatic rings. The van der Waals surface area contributed by atoms with Crippen molar-refractivity contribution < 1.29 is 19.1 Å². The van der Waals surface area contributed by atoms with Crippen molar-refractivity contribution in [3.63, 3.8) is 0 Å². The van der Waals surface area contributed by atoms with Gasteiger partial charge in [-0.25, -0.2) is 0 Å². The van der Waals surface area contributed by atoms with E-state index in [0.29, 0.717) is 44.0 Å². The van der Waals surface area contributed by atoms with Gasteiger partial charge in [-0.15, -0.1) is 0 Å². The molecule has 0 spiro atoms. The molecule has 0 saturated carbocycles. The Kier molecular flexibility index (Phi) is 7.48. The van der Waals surface area contributed by atoms with E-state index in [0.717, 1.165) is 22.6 Å². The maximum Gasteiger partial charge on any atom is 0.254 e. The van der Waals surface area contributed by atoms with Gasteiger partial charge in [0.15, 0.2) is 0 Å². The van der Waals surface area contributed by atoms with Crippen LogP contribution in [0.3, 0.4) is 0 Å². The molecule has 1 fully saturated rings. The van der Waals surface area contributed by atoms with E-state index in [1.807, 2.05) is 91.5 Å². The third-order valence-corrected chi connectivity index (χ3v) is 6.02. The predicted octanol–water partition coefficient (Wildman–Crippen LogP) is 5.68. The standard InChI is InChI=1S/C28H30N2O4/c1-3-33-23-12-14-25(15-13-23)34-24-10-8-22(9-11-24)29-27(31)21-16-18-30(19-17-21)28(32)26-7-5-4-6-20(26)2/h4-15,21H,3,16-19H2,1-2H3,(H,29,31). The first-order valence-electron chi connectivity index (χ1n) is 11.7. The Morgan fingerprint density at radius 3 is 2.09 bits per heavy atom. The number of hydrogen-bond donors (Lipinski definition) is 1. The van der Waals surface area contributed by atoms with Gasteiger partial charge in [0.05, 0.1) is 6.61 Å². The van der Waals surface area contributed by atoms with E-state index in [1.165, 1.54) is 0 Å². The number of likely N-dealkylation sites (tertiary alicyclic amines) is 1. The number of amides is 2. The van der Waals surface area contributed by atoms with Gasteiger partial charge in [-0.1, -0.05) is 18.2 Å². The molecule has 0 aromatic heterocycles. The lowest BCUT2D eigenvalue weighted by molar-refractivity contribution is -0.121. The highest BCUT2D eigenvalue weighted by molar-refractivity contribution is 5.96. The van der Waals surface area contributed by atoms with Crippen molar-refractivity contribution in [1.82, 2.24) is 4.90 Å². The number of carbonyl (C=O) groups excluding carboxylic acids is 2. The number of nitrogens with one attached hydrogen (secondary N) is 1. The zero-order chi connectivity index (χ0) is 23.9. The minimum absolute atomic E-state index is 0.0110. The molecule has 34 heavy (non-hydrogen) atoms. The van der Waals surface area contributed by atoms with E-state index in [9.17, 15) is 9.59 Å². The van der Waals surface area contributed by atoms with Crippen LogP contribution in [0.5, 0.6) is 17.2 Å². The van der Waals surface area contributed by atoms with E-state index < -0.39 is 0 Å². The van der Waals surface area contributed by atoms with Crippen LogP contribution in [0.4, 0.5) is 5.69 Å². The van der Waals surface area contributed by atoms with Gasteiger partial charge in [0, 0.05) is 30.3 Å². The van der Waals surface area contributed by atoms with Gasteiger partial charge in [0.1, 0.15) is 17.2 Å². The van der Waals surface area contributed by atoms with Gasteiger partial charge in [-0.2, -0.15) is 0 Å². The molecule has 1 N–H and O–H groups in total. The van der Waals surface area contributed by atoms with Crippen LogP contribution in [0.15, 0.2) is 72.8 Å². The maximum atomic E-state index is 12.8. The molecule has 2 amide bonds. The van der Waals surface area contributed by atoms with Crippen LogP contribution in [-0.4, -0.2) is 36.4 Å². The van der Waals surface area contributed by atoms with Crippen LogP contribution in [0.25, 0.3) is 0 Å². The monoisotopic (exact) mass is 458 g/mol. The number of ether oxygens (including phenoxy) is 2. The summed E-state index contributed by atoms with van der Waals surface area (Å²) in [6.07, 6.45) is 1.31. The molecule has 6 nitrogen and oxygen atoms in total. The van der Waals surface area contributed by atoms with Gasteiger partial charge in [0.25, 0.3) is 5.91 Å². The summed E-state index contributed by atoms with van der Waals surface area (Å²) in [6.45, 7) is 5.68. The van der Waals surface area contributed by atoms with Gasteiger partial charge in [0.2, 0.25) is 5.91 Å². The largest absolute Gasteiger partial charge is 0.494 e. The molecule has 0 aliphatic carbocycles. The molecule has 3 aromatic carbocycles. The molecule has 0 bridgehead atoms. The Morgan fingerprint density at radius 2 is 1.47 bits per heavy atom. The molecule has 176 valence electrons. The Bertz CT molecular complexity index is 1120. The lowest BCUT2D eigenvalue weighted by Gasteiger charge is -2.31. The number of rotatable bonds is 7. The van der Waals surface area contributed by atoms with Crippen molar-refractivity contribution in [2.45, 2.75) is 26.7 Å². The highest BCUT2D eigenvalue weighted by Gasteiger charge is 2.28. The summed E-state index contributed by atoms with van der Waals surface area (Å²) >= 11 is 0. The molecule has 1 saturated heterocycles. The molecule has 1 aliphatic heterocycles. The SMILES string of the molecule is CCOc1ccc(Oc2ccc(NC(=O)C3CCN(C(=O)c4ccccc4C)CC3)cc2)cc1. The van der Waals surface area contributed by atoms with Crippen LogP contribution in [0.1, 0.15) is 35.7 Å². The molecule has 0 radical (unpaired) electrons. The van der Waals surface area contributed by atoms with Crippen molar-refractivity contribution in [2.75, 3.05) is 25.0 Å². The normalized spacial score (nSPS) is 13.9. The molecule has 1 aliphatic rings. The van der Waals surface area contributed by atoms with Crippen molar-refractivity contribution in [3.05, 3.63) is 83.9 Å². The fourth-order valence-electron chi connectivity index (χ4n) is 4.09. The smallest absolute Gasteiger partial charge is 0.254 e. The summed E-state index contributed by atoms with van der Waals surface area (Å²) in [5.41, 5.74) is 2.43. The first-order valence-corrected chi connectivity index (χ1v) is 11.7. The summed E-state index contributed by atoms with van der Waals surface area (Å²) in [5, 5.41) is 2.99. The number of nitrogens with zero attached hydrogens (tertiary/aromatic N) is 1. The fraction of sp³-hybridized carbons (Fsp3) is 0.286. The van der Waals surface area contributed by atoms with Crippen molar-refractivity contribution in [1.29, 1.82) is 0 Å². The Hall–Kier alpha value is -3.80. The number of hydrogen-bond acceptors (Lipinski definition) is 4. The van der Waals surface area contributed by atoms with E-state index in [-0.39, 0.29) is 17.7 Å². The highest BCUT2D eigenvalue weighted by Crippen LogP contribution is 2.26. The molecular weight excluding hydrogens is 428 g/mol. The summed E-state index contributed by atoms with van der Waals surface area (Å²) < 4.78 is 11.3. The van der Waals surface area contributed by atoms with Crippen LogP contribution in [0, 0.1) is 12.8 Å². The first-order chi connectivity index (χ1) is 16.5. The lowest BCUT2D eigenvalue weighted by atomic mass is 9.95. The summed E-state index contributed by atoms with van der Waals surface area (Å²) in [4.78, 5) is 27.4. The van der Waals surface area contributed by atoms with E-state index in [2.05, 4.69) is 5.32 Å². The molecule has 4 rings (SSSR count). The molecule has 1 heterocycles. The van der Waals surface area contributed by atoms with Crippen molar-refractivity contribution in [3.8, 4) is 17.2 Å². The van der Waals surface area contributed by atoms with Crippen LogP contribution in [0.2, 0.25) is 0 Å². The van der Waals surface area contributed by atoms with E-state index in [4.69, 9.17) is 9.47 Å². The second-order valence-electron chi connectivity index (χ2n) is 8.40. The van der Waals surface area contributed by atoms with Crippen molar-refractivity contribution >= 4 is 17.5 Å². The maximum absolute atomic E-state index is 12.8. The average Bonchev–Trinajstić information content (AvgIpc) is 2.86. The summed E-state index contributed by atoms with van der Waals surface area (Å²) in [5.74, 6) is 2.12. The Labute approximate surface area is 200 Å². The number of carbonyl (C=O) groups is 2. The fourth-order valence-corrected chi connectivity index (χ4v) is 4.09. The van der Waals surface area contributed by atoms with Crippen LogP contribution >= 0.6 is 0 Å². The van der Waals surface area contributed by atoms with Crippen molar-refractivity contribution in [2.24, 2.45) is 5.92 Å². The summed E-state index contributed by atoms with van der Waals surface area (Å²) in [6, 6.07) is 22.4. The minimum Gasteiger partial charge on any atom is -0.494 e. The molecule has 0 unspecified atom stereocenters. The predicted molar refractivity (Wildman–Crippen MR) is 133 cm³/mol. The average molecular weight is 459 g/mol. The molecular formula is C28H30N2O4. The van der Waals surface area contributed by atoms with Gasteiger partial charge >= 0.3 is 0 Å². The number of aryl methyl sites for hydroxylation is 1. The van der Waals surface area contributed by atoms with E-state index >= 15 is 0 Å². The van der Waals surface area contributed by atoms with Crippen LogP contribution in [-0.2, 0) is 4.79 Å². The topological polar surface area (TPSA) is 67.9 Å². The lowest BCUT2D eigenvalue weighted by Crippen LogP contribution is -2.41. The molecule has 0 atom stereocenters. The Balaban J connectivity index is 1.27. The third-order valence-electron chi connectivity index (χ3n) is 6.02.